The zero-order chi connectivity index (χ0) is 21.9. The van der Waals surface area contributed by atoms with Crippen LogP contribution in [0.5, 0.6) is 5.88 Å². The molecule has 4 heterocycles. The van der Waals surface area contributed by atoms with E-state index in [4.69, 9.17) is 10.00 Å². The van der Waals surface area contributed by atoms with Gasteiger partial charge >= 0.3 is 0 Å². The molecule has 0 aliphatic carbocycles. The molecule has 0 radical (unpaired) electrons. The van der Waals surface area contributed by atoms with Crippen LogP contribution in [0.25, 0.3) is 16.7 Å². The van der Waals surface area contributed by atoms with E-state index >= 15 is 0 Å². The van der Waals surface area contributed by atoms with Gasteiger partial charge in [0.05, 0.1) is 17.1 Å². The van der Waals surface area contributed by atoms with Crippen LogP contribution in [0.3, 0.4) is 0 Å². The molecule has 1 fully saturated rings. The van der Waals surface area contributed by atoms with Crippen LogP contribution in [0.15, 0.2) is 55.2 Å². The number of nitrogens with zero attached hydrogens (tertiary/aromatic N) is 7. The van der Waals surface area contributed by atoms with Gasteiger partial charge in [-0.1, -0.05) is 6.92 Å². The smallest absolute Gasteiger partial charge is 0.225 e. The van der Waals surface area contributed by atoms with Gasteiger partial charge < -0.3 is 14.2 Å². The van der Waals surface area contributed by atoms with Crippen molar-refractivity contribution >= 4 is 16.9 Å². The Kier molecular flexibility index (Phi) is 5.38. The van der Waals surface area contributed by atoms with Gasteiger partial charge in [-0.15, -0.1) is 0 Å². The zero-order valence-electron chi connectivity index (χ0n) is 17.8. The summed E-state index contributed by atoms with van der Waals surface area (Å²) in [6.45, 7) is 3.79. The van der Waals surface area contributed by atoms with Crippen LogP contribution in [0.2, 0.25) is 0 Å². The van der Waals surface area contributed by atoms with Crippen molar-refractivity contribution in [3.05, 3.63) is 66.4 Å². The van der Waals surface area contributed by atoms with Crippen molar-refractivity contribution in [3.63, 3.8) is 0 Å². The largest absolute Gasteiger partial charge is 0.474 e. The summed E-state index contributed by atoms with van der Waals surface area (Å²) in [7, 11) is 0. The molecule has 0 unspecified atom stereocenters. The Morgan fingerprint density at radius 2 is 1.88 bits per heavy atom. The summed E-state index contributed by atoms with van der Waals surface area (Å²) in [5.41, 5.74) is 2.77. The molecule has 1 aliphatic rings. The Bertz CT molecular complexity index is 1270. The zero-order valence-corrected chi connectivity index (χ0v) is 17.8. The predicted octanol–water partition coefficient (Wildman–Crippen LogP) is 3.69. The highest BCUT2D eigenvalue weighted by atomic mass is 16.5. The lowest BCUT2D eigenvalue weighted by Gasteiger charge is -2.31. The molecule has 160 valence electrons. The molecule has 0 spiro atoms. The van der Waals surface area contributed by atoms with E-state index in [0.29, 0.717) is 11.4 Å². The van der Waals surface area contributed by atoms with Crippen LogP contribution >= 0.6 is 0 Å². The van der Waals surface area contributed by atoms with Gasteiger partial charge in [0.15, 0.2) is 0 Å². The maximum absolute atomic E-state index is 9.11. The Labute approximate surface area is 186 Å². The van der Waals surface area contributed by atoms with Crippen LogP contribution in [-0.4, -0.2) is 43.7 Å². The van der Waals surface area contributed by atoms with Crippen molar-refractivity contribution in [2.24, 2.45) is 0 Å². The Balaban J connectivity index is 1.26. The summed E-state index contributed by atoms with van der Waals surface area (Å²) in [6, 6.07) is 11.6. The highest BCUT2D eigenvalue weighted by Gasteiger charge is 2.23. The number of hydrogen-bond acceptors (Lipinski definition) is 7. The standard InChI is InChI=1S/C24H23N7O/c1-2-17-14-26-24(27-15-17)30-8-6-20(7-9-30)32-23-12-22(28-16-29-23)31-10-5-19-11-18(13-25)3-4-21(19)31/h3-5,10-12,14-16,20H,2,6-9H2,1H3. The third-order valence-electron chi connectivity index (χ3n) is 5.81. The molecule has 1 saturated heterocycles. The fraction of sp³-hybridized carbons (Fsp3) is 0.292. The fourth-order valence-electron chi connectivity index (χ4n) is 3.98. The maximum Gasteiger partial charge on any atom is 0.225 e. The summed E-state index contributed by atoms with van der Waals surface area (Å²) >= 11 is 0. The predicted molar refractivity (Wildman–Crippen MR) is 121 cm³/mol. The van der Waals surface area contributed by atoms with Gasteiger partial charge in [0, 0.05) is 56.0 Å². The average molecular weight is 425 g/mol. The molecule has 0 saturated carbocycles. The second kappa shape index (κ2) is 8.63. The summed E-state index contributed by atoms with van der Waals surface area (Å²) in [4.78, 5) is 19.9. The monoisotopic (exact) mass is 425 g/mol. The minimum absolute atomic E-state index is 0.0866. The highest BCUT2D eigenvalue weighted by Crippen LogP contribution is 2.24. The number of benzene rings is 1. The van der Waals surface area contributed by atoms with E-state index in [1.807, 2.05) is 53.5 Å². The summed E-state index contributed by atoms with van der Waals surface area (Å²) in [5.74, 6) is 2.08. The van der Waals surface area contributed by atoms with Crippen LogP contribution < -0.4 is 9.64 Å². The third-order valence-corrected chi connectivity index (χ3v) is 5.81. The van der Waals surface area contributed by atoms with Gasteiger partial charge in [-0.25, -0.2) is 19.9 Å². The van der Waals surface area contributed by atoms with E-state index in [1.165, 1.54) is 6.33 Å². The van der Waals surface area contributed by atoms with Crippen molar-refractivity contribution in [3.8, 4) is 17.8 Å². The maximum atomic E-state index is 9.11. The van der Waals surface area contributed by atoms with Gasteiger partial charge in [0.25, 0.3) is 0 Å². The van der Waals surface area contributed by atoms with Gasteiger partial charge in [0.2, 0.25) is 11.8 Å². The Morgan fingerprint density at radius 1 is 1.06 bits per heavy atom. The molecule has 1 aromatic carbocycles. The number of piperidine rings is 1. The molecule has 8 nitrogen and oxygen atoms in total. The molecule has 1 aliphatic heterocycles. The highest BCUT2D eigenvalue weighted by molar-refractivity contribution is 5.83. The number of anilines is 1. The quantitative estimate of drug-likeness (QED) is 0.481. The van der Waals surface area contributed by atoms with E-state index in [-0.39, 0.29) is 6.10 Å². The summed E-state index contributed by atoms with van der Waals surface area (Å²) in [6.07, 6.45) is 10.1. The Hall–Kier alpha value is -3.99. The van der Waals surface area contributed by atoms with E-state index in [9.17, 15) is 0 Å². The fourth-order valence-corrected chi connectivity index (χ4v) is 3.98. The number of rotatable bonds is 5. The van der Waals surface area contributed by atoms with Crippen LogP contribution in [-0.2, 0) is 6.42 Å². The second-order valence-corrected chi connectivity index (χ2v) is 7.83. The van der Waals surface area contributed by atoms with Gasteiger partial charge in [-0.05, 0) is 36.2 Å². The number of ether oxygens (including phenoxy) is 1. The van der Waals surface area contributed by atoms with Gasteiger partial charge in [-0.2, -0.15) is 5.26 Å². The first-order valence-electron chi connectivity index (χ1n) is 10.8. The van der Waals surface area contributed by atoms with E-state index in [0.717, 1.165) is 60.6 Å². The average Bonchev–Trinajstić information content (AvgIpc) is 3.28. The molecule has 5 rings (SSSR count). The van der Waals surface area contributed by atoms with E-state index in [2.05, 4.69) is 37.8 Å². The first-order chi connectivity index (χ1) is 15.7. The molecule has 0 N–H and O–H groups in total. The topological polar surface area (TPSA) is 92.8 Å². The molecule has 8 heteroatoms. The number of aryl methyl sites for hydroxylation is 1. The van der Waals surface area contributed by atoms with Crippen molar-refractivity contribution in [1.29, 1.82) is 5.26 Å². The SMILES string of the molecule is CCc1cnc(N2CCC(Oc3cc(-n4ccc5cc(C#N)ccc54)ncn3)CC2)nc1. The van der Waals surface area contributed by atoms with Gasteiger partial charge in [-0.3, -0.25) is 0 Å². The third kappa shape index (κ3) is 3.97. The molecular weight excluding hydrogens is 402 g/mol. The molecule has 0 amide bonds. The first kappa shape index (κ1) is 19.9. The minimum atomic E-state index is 0.0866. The number of fused-ring (bicyclic) bond motifs is 1. The lowest BCUT2D eigenvalue weighted by Crippen LogP contribution is -2.39. The summed E-state index contributed by atoms with van der Waals surface area (Å²) < 4.78 is 8.17. The molecule has 0 atom stereocenters. The van der Waals surface area contributed by atoms with Crippen LogP contribution in [0, 0.1) is 11.3 Å². The molecule has 4 aromatic rings. The van der Waals surface area contributed by atoms with E-state index in [1.54, 1.807) is 0 Å². The van der Waals surface area contributed by atoms with Crippen molar-refractivity contribution in [2.45, 2.75) is 32.3 Å². The Morgan fingerprint density at radius 3 is 2.62 bits per heavy atom. The van der Waals surface area contributed by atoms with Crippen molar-refractivity contribution < 1.29 is 4.74 Å². The van der Waals surface area contributed by atoms with Crippen LogP contribution in [0.1, 0.15) is 30.9 Å². The van der Waals surface area contributed by atoms with Crippen molar-refractivity contribution in [1.82, 2.24) is 24.5 Å². The summed E-state index contributed by atoms with van der Waals surface area (Å²) in [5, 5.41) is 10.1. The number of nitriles is 1. The number of hydrogen-bond donors (Lipinski definition) is 0. The van der Waals surface area contributed by atoms with Gasteiger partial charge in [0.1, 0.15) is 18.2 Å². The second-order valence-electron chi connectivity index (χ2n) is 7.83. The lowest BCUT2D eigenvalue weighted by atomic mass is 10.1. The first-order valence-corrected chi connectivity index (χ1v) is 10.8. The number of aromatic nitrogens is 5. The molecule has 3 aromatic heterocycles. The van der Waals surface area contributed by atoms with Crippen LogP contribution in [0.4, 0.5) is 5.95 Å². The lowest BCUT2D eigenvalue weighted by molar-refractivity contribution is 0.163. The molecular formula is C24H23N7O. The van der Waals surface area contributed by atoms with Crippen molar-refractivity contribution in [2.75, 3.05) is 18.0 Å². The normalized spacial score (nSPS) is 14.4. The molecule has 0 bridgehead atoms. The minimum Gasteiger partial charge on any atom is -0.474 e. The van der Waals surface area contributed by atoms with E-state index < -0.39 is 0 Å². The molecule has 32 heavy (non-hydrogen) atoms.